The van der Waals surface area contributed by atoms with Crippen molar-refractivity contribution < 1.29 is 4.79 Å². The maximum atomic E-state index is 10.4. The van der Waals surface area contributed by atoms with Gasteiger partial charge in [-0.2, -0.15) is 0 Å². The largest absolute Gasteiger partial charge is 0.299 e. The van der Waals surface area contributed by atoms with E-state index in [1.807, 2.05) is 0 Å². The standard InChI is InChI=1S/C12H18O/c1-9(2)11-5-4-10(3)12(8-11)6-7-13/h6-7,10-11H,1,4-5,8H2,2-3H3/t10-,11-/m1/s1. The van der Waals surface area contributed by atoms with Gasteiger partial charge in [0.2, 0.25) is 0 Å². The second-order valence-corrected chi connectivity index (χ2v) is 4.10. The Bertz CT molecular complexity index is 238. The highest BCUT2D eigenvalue weighted by atomic mass is 16.1. The van der Waals surface area contributed by atoms with E-state index in [0.29, 0.717) is 11.8 Å². The SMILES string of the molecule is C=C(C)[C@@H]1CC[C@@H](C)C(=CC=O)C1. The molecular formula is C12H18O. The zero-order valence-electron chi connectivity index (χ0n) is 8.55. The molecule has 1 rings (SSSR count). The number of allylic oxidation sites excluding steroid dienone is 3. The molecule has 1 saturated carbocycles. The van der Waals surface area contributed by atoms with Gasteiger partial charge in [-0.05, 0) is 44.1 Å². The summed E-state index contributed by atoms with van der Waals surface area (Å²) in [6.45, 7) is 8.26. The average molecular weight is 178 g/mol. The molecule has 0 aromatic heterocycles. The lowest BCUT2D eigenvalue weighted by Crippen LogP contribution is -2.16. The lowest BCUT2D eigenvalue weighted by atomic mass is 9.76. The summed E-state index contributed by atoms with van der Waals surface area (Å²) in [6, 6.07) is 0. The van der Waals surface area contributed by atoms with Gasteiger partial charge in [-0.3, -0.25) is 4.79 Å². The molecule has 0 aromatic carbocycles. The van der Waals surface area contributed by atoms with E-state index in [4.69, 9.17) is 0 Å². The number of hydrogen-bond acceptors (Lipinski definition) is 1. The zero-order valence-corrected chi connectivity index (χ0v) is 8.55. The average Bonchev–Trinajstić information content (AvgIpc) is 2.08. The van der Waals surface area contributed by atoms with Crippen LogP contribution in [0.3, 0.4) is 0 Å². The van der Waals surface area contributed by atoms with Crippen molar-refractivity contribution in [1.82, 2.24) is 0 Å². The van der Waals surface area contributed by atoms with Gasteiger partial charge in [0.05, 0.1) is 0 Å². The highest BCUT2D eigenvalue weighted by Crippen LogP contribution is 2.35. The van der Waals surface area contributed by atoms with Crippen LogP contribution in [0.5, 0.6) is 0 Å². The molecule has 0 heterocycles. The summed E-state index contributed by atoms with van der Waals surface area (Å²) in [5.41, 5.74) is 2.55. The topological polar surface area (TPSA) is 17.1 Å². The van der Waals surface area contributed by atoms with Crippen LogP contribution in [0.2, 0.25) is 0 Å². The molecule has 0 aromatic rings. The van der Waals surface area contributed by atoms with Crippen molar-refractivity contribution in [3.63, 3.8) is 0 Å². The summed E-state index contributed by atoms with van der Waals surface area (Å²) in [5, 5.41) is 0. The number of aldehydes is 1. The third-order valence-corrected chi connectivity index (χ3v) is 3.04. The Morgan fingerprint density at radius 2 is 2.23 bits per heavy atom. The molecule has 0 amide bonds. The molecular weight excluding hydrogens is 160 g/mol. The van der Waals surface area contributed by atoms with Crippen molar-refractivity contribution in [2.45, 2.75) is 33.1 Å². The van der Waals surface area contributed by atoms with Crippen molar-refractivity contribution in [3.8, 4) is 0 Å². The monoisotopic (exact) mass is 178 g/mol. The molecule has 0 unspecified atom stereocenters. The minimum Gasteiger partial charge on any atom is -0.299 e. The maximum absolute atomic E-state index is 10.4. The Hall–Kier alpha value is -0.850. The fourth-order valence-corrected chi connectivity index (χ4v) is 1.96. The van der Waals surface area contributed by atoms with Crippen LogP contribution >= 0.6 is 0 Å². The molecule has 0 saturated heterocycles. The first kappa shape index (κ1) is 10.2. The van der Waals surface area contributed by atoms with Crippen LogP contribution < -0.4 is 0 Å². The van der Waals surface area contributed by atoms with Crippen molar-refractivity contribution in [2.24, 2.45) is 11.8 Å². The normalized spacial score (nSPS) is 31.7. The first-order valence-corrected chi connectivity index (χ1v) is 4.94. The minimum atomic E-state index is 0.584. The van der Waals surface area contributed by atoms with E-state index in [9.17, 15) is 4.79 Å². The summed E-state index contributed by atoms with van der Waals surface area (Å²) >= 11 is 0. The lowest BCUT2D eigenvalue weighted by Gasteiger charge is -2.29. The van der Waals surface area contributed by atoms with Gasteiger partial charge in [-0.25, -0.2) is 0 Å². The van der Waals surface area contributed by atoms with Gasteiger partial charge in [0.25, 0.3) is 0 Å². The first-order valence-electron chi connectivity index (χ1n) is 4.94. The lowest BCUT2D eigenvalue weighted by molar-refractivity contribution is -0.104. The summed E-state index contributed by atoms with van der Waals surface area (Å²) in [7, 11) is 0. The third kappa shape index (κ3) is 2.55. The summed E-state index contributed by atoms with van der Waals surface area (Å²) in [5.74, 6) is 1.18. The van der Waals surface area contributed by atoms with Crippen molar-refractivity contribution in [2.75, 3.05) is 0 Å². The molecule has 1 fully saturated rings. The molecule has 1 aliphatic rings. The van der Waals surface area contributed by atoms with Crippen LogP contribution in [0.15, 0.2) is 23.8 Å². The molecule has 0 bridgehead atoms. The van der Waals surface area contributed by atoms with E-state index in [0.717, 1.165) is 12.7 Å². The molecule has 2 atom stereocenters. The Kier molecular flexibility index (Phi) is 3.47. The van der Waals surface area contributed by atoms with Gasteiger partial charge >= 0.3 is 0 Å². The van der Waals surface area contributed by atoms with Gasteiger partial charge in [-0.15, -0.1) is 0 Å². The Morgan fingerprint density at radius 1 is 1.54 bits per heavy atom. The Balaban J connectivity index is 2.68. The molecule has 1 nitrogen and oxygen atoms in total. The van der Waals surface area contributed by atoms with E-state index in [2.05, 4.69) is 20.4 Å². The van der Waals surface area contributed by atoms with Gasteiger partial charge in [0, 0.05) is 0 Å². The second kappa shape index (κ2) is 4.40. The van der Waals surface area contributed by atoms with Crippen LogP contribution in [-0.2, 0) is 4.79 Å². The third-order valence-electron chi connectivity index (χ3n) is 3.04. The van der Waals surface area contributed by atoms with E-state index < -0.39 is 0 Å². The number of hydrogen-bond donors (Lipinski definition) is 0. The number of carbonyl (C=O) groups excluding carboxylic acids is 1. The van der Waals surface area contributed by atoms with Crippen LogP contribution in [-0.4, -0.2) is 6.29 Å². The van der Waals surface area contributed by atoms with E-state index >= 15 is 0 Å². The molecule has 1 heteroatoms. The van der Waals surface area contributed by atoms with E-state index in [-0.39, 0.29) is 0 Å². The fourth-order valence-electron chi connectivity index (χ4n) is 1.96. The van der Waals surface area contributed by atoms with Gasteiger partial charge in [0.1, 0.15) is 6.29 Å². The quantitative estimate of drug-likeness (QED) is 0.361. The molecule has 1 aliphatic carbocycles. The molecule has 0 spiro atoms. The minimum absolute atomic E-state index is 0.584. The zero-order chi connectivity index (χ0) is 9.84. The highest BCUT2D eigenvalue weighted by molar-refractivity contribution is 5.66. The van der Waals surface area contributed by atoms with Crippen LogP contribution in [0.1, 0.15) is 33.1 Å². The van der Waals surface area contributed by atoms with Crippen LogP contribution in [0.25, 0.3) is 0 Å². The Labute approximate surface area is 80.5 Å². The van der Waals surface area contributed by atoms with Crippen molar-refractivity contribution in [1.29, 1.82) is 0 Å². The molecule has 72 valence electrons. The van der Waals surface area contributed by atoms with Crippen LogP contribution in [0.4, 0.5) is 0 Å². The number of rotatable bonds is 2. The Morgan fingerprint density at radius 3 is 2.77 bits per heavy atom. The molecule has 0 radical (unpaired) electrons. The van der Waals surface area contributed by atoms with E-state index in [1.165, 1.54) is 24.0 Å². The fraction of sp³-hybridized carbons (Fsp3) is 0.583. The smallest absolute Gasteiger partial charge is 0.142 e. The molecule has 0 N–H and O–H groups in total. The summed E-state index contributed by atoms with van der Waals surface area (Å²) in [6.07, 6.45) is 6.10. The number of carbonyl (C=O) groups is 1. The van der Waals surface area contributed by atoms with Crippen LogP contribution in [0, 0.1) is 11.8 Å². The maximum Gasteiger partial charge on any atom is 0.142 e. The summed E-state index contributed by atoms with van der Waals surface area (Å²) in [4.78, 5) is 10.4. The summed E-state index contributed by atoms with van der Waals surface area (Å²) < 4.78 is 0. The van der Waals surface area contributed by atoms with Gasteiger partial charge in [-0.1, -0.05) is 24.6 Å². The first-order chi connectivity index (χ1) is 6.15. The van der Waals surface area contributed by atoms with Gasteiger partial charge in [0.15, 0.2) is 0 Å². The van der Waals surface area contributed by atoms with Crippen molar-refractivity contribution in [3.05, 3.63) is 23.8 Å². The predicted octanol–water partition coefficient (Wildman–Crippen LogP) is 3.12. The predicted molar refractivity (Wildman–Crippen MR) is 55.5 cm³/mol. The van der Waals surface area contributed by atoms with E-state index in [1.54, 1.807) is 6.08 Å². The second-order valence-electron chi connectivity index (χ2n) is 4.10. The molecule has 13 heavy (non-hydrogen) atoms. The van der Waals surface area contributed by atoms with Gasteiger partial charge < -0.3 is 0 Å². The highest BCUT2D eigenvalue weighted by Gasteiger charge is 2.22. The van der Waals surface area contributed by atoms with Crippen molar-refractivity contribution >= 4 is 6.29 Å². The molecule has 0 aliphatic heterocycles.